The van der Waals surface area contributed by atoms with Crippen molar-refractivity contribution in [2.45, 2.75) is 45.4 Å². The first kappa shape index (κ1) is 24.3. The number of aromatic nitrogens is 4. The minimum absolute atomic E-state index is 0.167. The summed E-state index contributed by atoms with van der Waals surface area (Å²) in [5, 5.41) is 11.4. The van der Waals surface area contributed by atoms with Crippen molar-refractivity contribution < 1.29 is 4.79 Å². The van der Waals surface area contributed by atoms with E-state index in [1.165, 1.54) is 12.6 Å². The van der Waals surface area contributed by atoms with Crippen molar-refractivity contribution in [2.75, 3.05) is 25.0 Å². The van der Waals surface area contributed by atoms with E-state index < -0.39 is 0 Å². The lowest BCUT2D eigenvalue weighted by molar-refractivity contribution is -0.131. The molecule has 9 nitrogen and oxygen atoms in total. The Labute approximate surface area is 205 Å². The van der Waals surface area contributed by atoms with E-state index >= 15 is 0 Å². The highest BCUT2D eigenvalue weighted by Gasteiger charge is 2.15. The maximum absolute atomic E-state index is 12.3. The van der Waals surface area contributed by atoms with Gasteiger partial charge in [-0.15, -0.1) is 5.10 Å². The van der Waals surface area contributed by atoms with Crippen molar-refractivity contribution >= 4 is 40.4 Å². The molecule has 4 heterocycles. The summed E-state index contributed by atoms with van der Waals surface area (Å²) in [4.78, 5) is 27.9. The van der Waals surface area contributed by atoms with E-state index in [1.54, 1.807) is 18.6 Å². The molecule has 0 spiro atoms. The molecule has 0 radical (unpaired) electrons. The number of anilines is 2. The predicted octanol–water partition coefficient (Wildman–Crippen LogP) is 4.06. The van der Waals surface area contributed by atoms with Gasteiger partial charge in [-0.3, -0.25) is 14.8 Å². The van der Waals surface area contributed by atoms with E-state index in [1.807, 2.05) is 29.2 Å². The number of carbonyl (C=O) groups excluding carboxylic acids is 1. The second kappa shape index (κ2) is 11.5. The largest absolute Gasteiger partial charge is 0.404 e. The number of hydrogen-bond acceptors (Lipinski definition) is 8. The predicted molar refractivity (Wildman–Crippen MR) is 140 cm³/mol. The van der Waals surface area contributed by atoms with Crippen LogP contribution in [0.5, 0.6) is 0 Å². The Bertz CT molecular complexity index is 1230. The van der Waals surface area contributed by atoms with Crippen LogP contribution < -0.4 is 11.1 Å². The molecule has 3 aromatic rings. The third-order valence-corrected chi connectivity index (χ3v) is 6.04. The highest BCUT2D eigenvalue weighted by Crippen LogP contribution is 2.21. The Hall–Kier alpha value is -3.88. The molecule has 3 aromatic heterocycles. The number of pyridine rings is 2. The fourth-order valence-electron chi connectivity index (χ4n) is 3.96. The zero-order chi connectivity index (χ0) is 24.6. The Morgan fingerprint density at radius 3 is 2.74 bits per heavy atom. The van der Waals surface area contributed by atoms with E-state index in [9.17, 15) is 4.79 Å². The van der Waals surface area contributed by atoms with Crippen LogP contribution in [0.4, 0.5) is 11.6 Å². The second-order valence-corrected chi connectivity index (χ2v) is 8.96. The molecule has 0 atom stereocenters. The number of rotatable bonds is 8. The SMILES string of the molecule is CC(C)c1cnnc(Nc2ccc3ncc(C(C=NCCC(=O)N4CCCCC4)=CN)cc3n2)c1. The van der Waals surface area contributed by atoms with Gasteiger partial charge in [-0.2, -0.15) is 5.10 Å². The van der Waals surface area contributed by atoms with Crippen LogP contribution in [-0.2, 0) is 4.79 Å². The Morgan fingerprint density at radius 1 is 1.14 bits per heavy atom. The molecule has 0 aromatic carbocycles. The fourth-order valence-corrected chi connectivity index (χ4v) is 3.96. The fraction of sp³-hybridized carbons (Fsp3) is 0.385. The number of likely N-dealkylation sites (tertiary alicyclic amines) is 1. The summed E-state index contributed by atoms with van der Waals surface area (Å²) >= 11 is 0. The molecule has 0 bridgehead atoms. The molecule has 1 fully saturated rings. The van der Waals surface area contributed by atoms with E-state index in [2.05, 4.69) is 44.3 Å². The van der Waals surface area contributed by atoms with Gasteiger partial charge >= 0.3 is 0 Å². The molecule has 182 valence electrons. The van der Waals surface area contributed by atoms with Gasteiger partial charge < -0.3 is 16.0 Å². The van der Waals surface area contributed by atoms with Crippen molar-refractivity contribution in [3.8, 4) is 0 Å². The van der Waals surface area contributed by atoms with Crippen LogP contribution in [0, 0.1) is 0 Å². The molecule has 1 aliphatic rings. The lowest BCUT2D eigenvalue weighted by atomic mass is 10.1. The third-order valence-electron chi connectivity index (χ3n) is 6.04. The second-order valence-electron chi connectivity index (χ2n) is 8.96. The summed E-state index contributed by atoms with van der Waals surface area (Å²) in [7, 11) is 0. The van der Waals surface area contributed by atoms with E-state index in [0.717, 1.165) is 48.1 Å². The van der Waals surface area contributed by atoms with E-state index in [-0.39, 0.29) is 5.91 Å². The number of amides is 1. The first-order chi connectivity index (χ1) is 17.0. The summed E-state index contributed by atoms with van der Waals surface area (Å²) in [5.41, 5.74) is 9.98. The Morgan fingerprint density at radius 2 is 1.97 bits per heavy atom. The first-order valence-electron chi connectivity index (χ1n) is 12.1. The van der Waals surface area contributed by atoms with Gasteiger partial charge in [0.2, 0.25) is 5.91 Å². The van der Waals surface area contributed by atoms with Crippen LogP contribution in [0.3, 0.4) is 0 Å². The summed E-state index contributed by atoms with van der Waals surface area (Å²) in [6, 6.07) is 7.66. The molecule has 1 amide bonds. The van der Waals surface area contributed by atoms with E-state index in [0.29, 0.717) is 36.0 Å². The Kier molecular flexibility index (Phi) is 7.97. The Balaban J connectivity index is 1.43. The third kappa shape index (κ3) is 6.38. The number of nitrogens with one attached hydrogen (secondary N) is 1. The number of fused-ring (bicyclic) bond motifs is 1. The normalized spacial score (nSPS) is 14.7. The lowest BCUT2D eigenvalue weighted by Crippen LogP contribution is -2.35. The van der Waals surface area contributed by atoms with Gasteiger partial charge in [-0.25, -0.2) is 4.98 Å². The smallest absolute Gasteiger partial charge is 0.224 e. The molecule has 3 N–H and O–H groups in total. The molecule has 1 saturated heterocycles. The molecule has 4 rings (SSSR count). The van der Waals surface area contributed by atoms with Gasteiger partial charge in [0.15, 0.2) is 5.82 Å². The zero-order valence-electron chi connectivity index (χ0n) is 20.3. The van der Waals surface area contributed by atoms with Crippen molar-refractivity contribution in [3.63, 3.8) is 0 Å². The number of nitrogens with two attached hydrogens (primary N) is 1. The van der Waals surface area contributed by atoms with Crippen LogP contribution in [0.25, 0.3) is 16.6 Å². The molecular formula is C26H32N8O. The standard InChI is InChI=1S/C26H32N8O/c1-18(2)19-13-25(33-30-17-19)32-24-7-6-22-23(31-24)12-20(16-29-22)21(14-27)15-28-9-8-26(35)34-10-4-3-5-11-34/h6-7,12-18H,3-5,8-11,27H2,1-2H3,(H,31,32,33). The van der Waals surface area contributed by atoms with Crippen LogP contribution in [0.1, 0.15) is 56.6 Å². The minimum atomic E-state index is 0.167. The van der Waals surface area contributed by atoms with E-state index in [4.69, 9.17) is 5.73 Å². The number of nitrogens with zero attached hydrogens (tertiary/aromatic N) is 6. The van der Waals surface area contributed by atoms with Crippen LogP contribution in [-0.4, -0.2) is 56.8 Å². The molecule has 0 saturated carbocycles. The highest BCUT2D eigenvalue weighted by atomic mass is 16.2. The van der Waals surface area contributed by atoms with Crippen LogP contribution in [0.15, 0.2) is 47.9 Å². The molecule has 0 aliphatic carbocycles. The van der Waals surface area contributed by atoms with Gasteiger partial charge in [-0.1, -0.05) is 13.8 Å². The van der Waals surface area contributed by atoms with Gasteiger partial charge in [0.1, 0.15) is 5.82 Å². The molecule has 9 heteroatoms. The van der Waals surface area contributed by atoms with Crippen LogP contribution >= 0.6 is 0 Å². The maximum atomic E-state index is 12.3. The van der Waals surface area contributed by atoms with Crippen LogP contribution in [0.2, 0.25) is 0 Å². The molecule has 35 heavy (non-hydrogen) atoms. The number of carbonyl (C=O) groups is 1. The molecule has 0 unspecified atom stereocenters. The quantitative estimate of drug-likeness (QED) is 0.474. The van der Waals surface area contributed by atoms with Gasteiger partial charge in [0, 0.05) is 55.8 Å². The van der Waals surface area contributed by atoms with Crippen molar-refractivity contribution in [1.82, 2.24) is 25.1 Å². The van der Waals surface area contributed by atoms with Crippen molar-refractivity contribution in [2.24, 2.45) is 10.7 Å². The minimum Gasteiger partial charge on any atom is -0.404 e. The topological polar surface area (TPSA) is 122 Å². The first-order valence-corrected chi connectivity index (χ1v) is 12.1. The average Bonchev–Trinajstić information content (AvgIpc) is 2.89. The van der Waals surface area contributed by atoms with Gasteiger partial charge in [-0.05, 0) is 55.0 Å². The molecular weight excluding hydrogens is 440 g/mol. The summed E-state index contributed by atoms with van der Waals surface area (Å²) in [6.07, 6.45) is 10.5. The number of aliphatic imine (C=N–C) groups is 1. The lowest BCUT2D eigenvalue weighted by Gasteiger charge is -2.26. The monoisotopic (exact) mass is 472 g/mol. The number of allylic oxidation sites excluding steroid dienone is 1. The summed E-state index contributed by atoms with van der Waals surface area (Å²) in [6.45, 7) is 6.37. The maximum Gasteiger partial charge on any atom is 0.224 e. The number of hydrogen-bond donors (Lipinski definition) is 2. The highest BCUT2D eigenvalue weighted by molar-refractivity contribution is 6.10. The van der Waals surface area contributed by atoms with Gasteiger partial charge in [0.25, 0.3) is 0 Å². The van der Waals surface area contributed by atoms with Gasteiger partial charge in [0.05, 0.1) is 17.2 Å². The number of piperidine rings is 1. The summed E-state index contributed by atoms with van der Waals surface area (Å²) in [5.74, 6) is 1.81. The molecule has 1 aliphatic heterocycles. The summed E-state index contributed by atoms with van der Waals surface area (Å²) < 4.78 is 0. The average molecular weight is 473 g/mol. The van der Waals surface area contributed by atoms with Crippen molar-refractivity contribution in [1.29, 1.82) is 0 Å². The zero-order valence-corrected chi connectivity index (χ0v) is 20.3. The van der Waals surface area contributed by atoms with Crippen molar-refractivity contribution in [3.05, 3.63) is 54.0 Å².